The third-order valence-electron chi connectivity index (χ3n) is 4.58. The molecule has 3 nitrogen and oxygen atoms in total. The normalized spacial score (nSPS) is 14.5. The molecule has 0 aromatic heterocycles. The van der Waals surface area contributed by atoms with Crippen LogP contribution in [0.2, 0.25) is 0 Å². The first-order valence-corrected chi connectivity index (χ1v) is 9.88. The van der Waals surface area contributed by atoms with Crippen LogP contribution >= 0.6 is 11.8 Å². The molecular formula is C22H23NO2S. The number of rotatable bonds is 5. The number of carbonyl (C=O) groups is 2. The highest BCUT2D eigenvalue weighted by atomic mass is 32.2. The van der Waals surface area contributed by atoms with Crippen molar-refractivity contribution in [3.05, 3.63) is 69.6 Å². The molecule has 3 rings (SSSR count). The summed E-state index contributed by atoms with van der Waals surface area (Å²) in [6.07, 6.45) is 0.922. The molecule has 1 aliphatic rings. The molecular weight excluding hydrogens is 342 g/mol. The van der Waals surface area contributed by atoms with Gasteiger partial charge in [-0.3, -0.25) is 9.59 Å². The summed E-state index contributed by atoms with van der Waals surface area (Å²) in [6.45, 7) is 8.08. The zero-order chi connectivity index (χ0) is 18.8. The molecule has 0 spiro atoms. The standard InChI is InChI=1S/C22H23NO2S/c1-5-16-8-10-17(11-9-16)23-21(24)19(20(22(23)25)26-6-2)18-12-7-14(3)13-15(18)4/h7-13H,5-6H2,1-4H3. The molecule has 0 N–H and O–H groups in total. The zero-order valence-electron chi connectivity index (χ0n) is 15.6. The smallest absolute Gasteiger partial charge is 0.268 e. The second-order valence-electron chi connectivity index (χ2n) is 6.42. The molecule has 2 amide bonds. The van der Waals surface area contributed by atoms with E-state index in [2.05, 4.69) is 6.92 Å². The van der Waals surface area contributed by atoms with Crippen LogP contribution in [0.15, 0.2) is 47.4 Å². The number of imide groups is 1. The minimum absolute atomic E-state index is 0.221. The van der Waals surface area contributed by atoms with Crippen molar-refractivity contribution in [2.75, 3.05) is 10.7 Å². The van der Waals surface area contributed by atoms with E-state index in [0.29, 0.717) is 16.2 Å². The van der Waals surface area contributed by atoms with Gasteiger partial charge >= 0.3 is 0 Å². The highest BCUT2D eigenvalue weighted by molar-refractivity contribution is 8.04. The molecule has 4 heteroatoms. The van der Waals surface area contributed by atoms with E-state index in [1.54, 1.807) is 0 Å². The number of hydrogen-bond donors (Lipinski definition) is 0. The van der Waals surface area contributed by atoms with Gasteiger partial charge in [-0.05, 0) is 54.8 Å². The maximum Gasteiger partial charge on any atom is 0.272 e. The number of carbonyl (C=O) groups excluding carboxylic acids is 2. The molecule has 1 aliphatic heterocycles. The first-order valence-electron chi connectivity index (χ1n) is 8.90. The molecule has 0 saturated carbocycles. The van der Waals surface area contributed by atoms with Crippen molar-refractivity contribution in [1.82, 2.24) is 0 Å². The number of amides is 2. The van der Waals surface area contributed by atoms with Crippen molar-refractivity contribution < 1.29 is 9.59 Å². The van der Waals surface area contributed by atoms with Gasteiger partial charge in [-0.1, -0.05) is 49.7 Å². The Bertz CT molecular complexity index is 897. The molecule has 0 saturated heterocycles. The molecule has 2 aromatic rings. The van der Waals surface area contributed by atoms with Gasteiger partial charge in [0.25, 0.3) is 11.8 Å². The van der Waals surface area contributed by atoms with Gasteiger partial charge in [-0.25, -0.2) is 4.90 Å². The van der Waals surface area contributed by atoms with E-state index in [9.17, 15) is 9.59 Å². The van der Waals surface area contributed by atoms with Crippen LogP contribution < -0.4 is 4.90 Å². The number of thioether (sulfide) groups is 1. The highest BCUT2D eigenvalue weighted by Crippen LogP contribution is 2.39. The summed E-state index contributed by atoms with van der Waals surface area (Å²) in [5.74, 6) is 0.286. The fourth-order valence-corrected chi connectivity index (χ4v) is 4.08. The van der Waals surface area contributed by atoms with Gasteiger partial charge < -0.3 is 0 Å². The van der Waals surface area contributed by atoms with E-state index < -0.39 is 0 Å². The number of aryl methyl sites for hydroxylation is 3. The molecule has 0 fully saturated rings. The van der Waals surface area contributed by atoms with Crippen LogP contribution in [-0.2, 0) is 16.0 Å². The molecule has 26 heavy (non-hydrogen) atoms. The number of nitrogens with zero attached hydrogens (tertiary/aromatic N) is 1. The Morgan fingerprint density at radius 3 is 2.19 bits per heavy atom. The van der Waals surface area contributed by atoms with E-state index in [-0.39, 0.29) is 11.8 Å². The average Bonchev–Trinajstić information content (AvgIpc) is 2.86. The molecule has 1 heterocycles. The lowest BCUT2D eigenvalue weighted by molar-refractivity contribution is -0.119. The Morgan fingerprint density at radius 2 is 1.62 bits per heavy atom. The van der Waals surface area contributed by atoms with Gasteiger partial charge in [0, 0.05) is 0 Å². The van der Waals surface area contributed by atoms with E-state index in [1.807, 2.05) is 63.2 Å². The quantitative estimate of drug-likeness (QED) is 0.707. The molecule has 0 atom stereocenters. The maximum absolute atomic E-state index is 13.2. The van der Waals surface area contributed by atoms with Crippen molar-refractivity contribution in [3.63, 3.8) is 0 Å². The summed E-state index contributed by atoms with van der Waals surface area (Å²) in [5, 5.41) is 0. The van der Waals surface area contributed by atoms with Crippen LogP contribution in [0.25, 0.3) is 5.57 Å². The van der Waals surface area contributed by atoms with E-state index in [1.165, 1.54) is 22.2 Å². The molecule has 0 radical (unpaired) electrons. The van der Waals surface area contributed by atoms with Crippen LogP contribution in [-0.4, -0.2) is 17.6 Å². The SMILES string of the molecule is CCSC1=C(c2ccc(C)cc2C)C(=O)N(c2ccc(CC)cc2)C1=O. The van der Waals surface area contributed by atoms with Gasteiger partial charge in [0.1, 0.15) is 0 Å². The van der Waals surface area contributed by atoms with Crippen molar-refractivity contribution in [2.24, 2.45) is 0 Å². The Morgan fingerprint density at radius 1 is 0.923 bits per heavy atom. The Kier molecular flexibility index (Phi) is 5.33. The average molecular weight is 365 g/mol. The molecule has 0 unspecified atom stereocenters. The summed E-state index contributed by atoms with van der Waals surface area (Å²) in [4.78, 5) is 28.1. The largest absolute Gasteiger partial charge is 0.272 e. The van der Waals surface area contributed by atoms with Crippen LogP contribution in [0.3, 0.4) is 0 Å². The summed E-state index contributed by atoms with van der Waals surface area (Å²) in [7, 11) is 0. The fourth-order valence-electron chi connectivity index (χ4n) is 3.23. The van der Waals surface area contributed by atoms with Crippen LogP contribution in [0.5, 0.6) is 0 Å². The maximum atomic E-state index is 13.2. The first-order chi connectivity index (χ1) is 12.5. The highest BCUT2D eigenvalue weighted by Gasteiger charge is 2.40. The van der Waals surface area contributed by atoms with Gasteiger partial charge in [0.15, 0.2) is 0 Å². The predicted octanol–water partition coefficient (Wildman–Crippen LogP) is 4.90. The van der Waals surface area contributed by atoms with E-state index in [0.717, 1.165) is 28.9 Å². The number of hydrogen-bond acceptors (Lipinski definition) is 3. The third-order valence-corrected chi connectivity index (χ3v) is 5.54. The third kappa shape index (κ3) is 3.21. The Hall–Kier alpha value is -2.33. The summed E-state index contributed by atoms with van der Waals surface area (Å²) >= 11 is 1.44. The van der Waals surface area contributed by atoms with E-state index >= 15 is 0 Å². The Balaban J connectivity index is 2.09. The minimum atomic E-state index is -0.234. The monoisotopic (exact) mass is 365 g/mol. The van der Waals surface area contributed by atoms with E-state index in [4.69, 9.17) is 0 Å². The zero-order valence-corrected chi connectivity index (χ0v) is 16.4. The van der Waals surface area contributed by atoms with Crippen LogP contribution in [0, 0.1) is 13.8 Å². The topological polar surface area (TPSA) is 37.4 Å². The predicted molar refractivity (Wildman–Crippen MR) is 109 cm³/mol. The minimum Gasteiger partial charge on any atom is -0.268 e. The van der Waals surface area contributed by atoms with Crippen LogP contribution in [0.1, 0.15) is 36.1 Å². The number of benzene rings is 2. The van der Waals surface area contributed by atoms with Gasteiger partial charge in [-0.2, -0.15) is 0 Å². The van der Waals surface area contributed by atoms with Gasteiger partial charge in [0.2, 0.25) is 0 Å². The van der Waals surface area contributed by atoms with Crippen molar-refractivity contribution >= 4 is 34.8 Å². The summed E-state index contributed by atoms with van der Waals surface area (Å²) in [6, 6.07) is 13.6. The second kappa shape index (κ2) is 7.50. The van der Waals surface area contributed by atoms with Crippen molar-refractivity contribution in [2.45, 2.75) is 34.1 Å². The van der Waals surface area contributed by atoms with Crippen molar-refractivity contribution in [3.8, 4) is 0 Å². The molecule has 2 aromatic carbocycles. The lowest BCUT2D eigenvalue weighted by Gasteiger charge is -2.16. The van der Waals surface area contributed by atoms with Gasteiger partial charge in [-0.15, -0.1) is 11.8 Å². The molecule has 134 valence electrons. The number of anilines is 1. The van der Waals surface area contributed by atoms with Gasteiger partial charge in [0.05, 0.1) is 16.2 Å². The molecule has 0 aliphatic carbocycles. The molecule has 0 bridgehead atoms. The summed E-state index contributed by atoms with van der Waals surface area (Å²) < 4.78 is 0. The second-order valence-corrected chi connectivity index (χ2v) is 7.70. The summed E-state index contributed by atoms with van der Waals surface area (Å²) in [5.41, 5.74) is 5.33. The lowest BCUT2D eigenvalue weighted by Crippen LogP contribution is -2.31. The van der Waals surface area contributed by atoms with Crippen LogP contribution in [0.4, 0.5) is 5.69 Å². The fraction of sp³-hybridized carbons (Fsp3) is 0.273. The Labute approximate surface area is 159 Å². The van der Waals surface area contributed by atoms with Crippen molar-refractivity contribution in [1.29, 1.82) is 0 Å². The first kappa shape index (κ1) is 18.5. The lowest BCUT2D eigenvalue weighted by atomic mass is 9.98.